The number of rotatable bonds is 5. The van der Waals surface area contributed by atoms with Gasteiger partial charge in [-0.05, 0) is 39.7 Å². The van der Waals surface area contributed by atoms with E-state index in [1.54, 1.807) is 0 Å². The van der Waals surface area contributed by atoms with E-state index in [1.807, 2.05) is 25.8 Å². The Kier molecular flexibility index (Phi) is 5.60. The van der Waals surface area contributed by atoms with E-state index in [-0.39, 0.29) is 11.4 Å². The summed E-state index contributed by atoms with van der Waals surface area (Å²) in [7, 11) is 1.94. The molecule has 4 heteroatoms. The molecule has 0 aromatic heterocycles. The van der Waals surface area contributed by atoms with Crippen molar-refractivity contribution in [2.75, 3.05) is 26.7 Å². The highest BCUT2D eigenvalue weighted by Gasteiger charge is 2.25. The van der Waals surface area contributed by atoms with E-state index in [1.165, 1.54) is 0 Å². The number of hydrogen-bond acceptors (Lipinski definition) is 3. The first kappa shape index (κ1) is 15.4. The third kappa shape index (κ3) is 4.94. The van der Waals surface area contributed by atoms with Gasteiger partial charge >= 0.3 is 0 Å². The minimum atomic E-state index is -0.248. The first-order chi connectivity index (χ1) is 8.33. The van der Waals surface area contributed by atoms with Gasteiger partial charge in [-0.1, -0.05) is 6.92 Å². The standard InChI is InChI=1S/C14H29N3O/c1-5-17-10-7-12(8-11-17)16(4)13(18)6-9-14(2,3)15/h12H,5-11,15H2,1-4H3. The maximum absolute atomic E-state index is 12.1. The highest BCUT2D eigenvalue weighted by Crippen LogP contribution is 2.17. The Bertz CT molecular complexity index is 265. The monoisotopic (exact) mass is 255 g/mol. The number of nitrogens with zero attached hydrogens (tertiary/aromatic N) is 2. The molecule has 0 aromatic rings. The molecular weight excluding hydrogens is 226 g/mol. The molecule has 0 radical (unpaired) electrons. The lowest BCUT2D eigenvalue weighted by Crippen LogP contribution is -2.46. The van der Waals surface area contributed by atoms with Crippen LogP contribution in [0.5, 0.6) is 0 Å². The summed E-state index contributed by atoms with van der Waals surface area (Å²) in [6.45, 7) is 9.48. The molecule has 0 aliphatic carbocycles. The van der Waals surface area contributed by atoms with Crippen LogP contribution in [0.4, 0.5) is 0 Å². The van der Waals surface area contributed by atoms with E-state index in [2.05, 4.69) is 11.8 Å². The lowest BCUT2D eigenvalue weighted by molar-refractivity contribution is -0.133. The second kappa shape index (κ2) is 6.53. The molecule has 0 unspecified atom stereocenters. The van der Waals surface area contributed by atoms with Crippen LogP contribution in [0.3, 0.4) is 0 Å². The first-order valence-corrected chi connectivity index (χ1v) is 7.10. The van der Waals surface area contributed by atoms with Gasteiger partial charge in [-0.3, -0.25) is 4.79 Å². The SMILES string of the molecule is CCN1CCC(N(C)C(=O)CCC(C)(C)N)CC1. The summed E-state index contributed by atoms with van der Waals surface area (Å²) in [5.41, 5.74) is 5.67. The Morgan fingerprint density at radius 3 is 2.39 bits per heavy atom. The highest BCUT2D eigenvalue weighted by atomic mass is 16.2. The van der Waals surface area contributed by atoms with Crippen molar-refractivity contribution in [1.29, 1.82) is 0 Å². The van der Waals surface area contributed by atoms with Crippen LogP contribution in [-0.2, 0) is 4.79 Å². The Labute approximate surface area is 111 Å². The number of carbonyl (C=O) groups excluding carboxylic acids is 1. The average Bonchev–Trinajstić information content (AvgIpc) is 2.34. The number of hydrogen-bond donors (Lipinski definition) is 1. The number of nitrogens with two attached hydrogens (primary N) is 1. The maximum Gasteiger partial charge on any atom is 0.222 e. The molecule has 18 heavy (non-hydrogen) atoms. The number of amides is 1. The topological polar surface area (TPSA) is 49.6 Å². The minimum absolute atomic E-state index is 0.239. The molecule has 0 atom stereocenters. The van der Waals surface area contributed by atoms with Gasteiger partial charge in [0, 0.05) is 38.1 Å². The van der Waals surface area contributed by atoms with E-state index >= 15 is 0 Å². The molecule has 1 aliphatic heterocycles. The van der Waals surface area contributed by atoms with Gasteiger partial charge in [-0.15, -0.1) is 0 Å². The molecule has 1 amide bonds. The Hall–Kier alpha value is -0.610. The summed E-state index contributed by atoms with van der Waals surface area (Å²) in [6, 6.07) is 0.418. The molecule has 2 N–H and O–H groups in total. The predicted octanol–water partition coefficient (Wildman–Crippen LogP) is 1.45. The van der Waals surface area contributed by atoms with E-state index in [4.69, 9.17) is 5.73 Å². The largest absolute Gasteiger partial charge is 0.343 e. The van der Waals surface area contributed by atoms with Crippen molar-refractivity contribution in [2.45, 2.75) is 58.0 Å². The zero-order valence-electron chi connectivity index (χ0n) is 12.4. The third-order valence-corrected chi connectivity index (χ3v) is 3.93. The molecule has 1 fully saturated rings. The van der Waals surface area contributed by atoms with Gasteiger partial charge in [0.25, 0.3) is 0 Å². The van der Waals surface area contributed by atoms with Gasteiger partial charge in [-0.25, -0.2) is 0 Å². The second-order valence-corrected chi connectivity index (χ2v) is 6.16. The van der Waals surface area contributed by atoms with E-state index in [0.29, 0.717) is 12.5 Å². The van der Waals surface area contributed by atoms with Gasteiger partial charge in [0.2, 0.25) is 5.91 Å². The molecule has 1 aliphatic rings. The molecule has 106 valence electrons. The number of likely N-dealkylation sites (tertiary alicyclic amines) is 1. The zero-order chi connectivity index (χ0) is 13.8. The highest BCUT2D eigenvalue weighted by molar-refractivity contribution is 5.76. The van der Waals surface area contributed by atoms with E-state index in [9.17, 15) is 4.79 Å². The van der Waals surface area contributed by atoms with Crippen molar-refractivity contribution >= 4 is 5.91 Å². The third-order valence-electron chi connectivity index (χ3n) is 3.93. The minimum Gasteiger partial charge on any atom is -0.343 e. The van der Waals surface area contributed by atoms with E-state index < -0.39 is 0 Å². The lowest BCUT2D eigenvalue weighted by Gasteiger charge is -2.36. The van der Waals surface area contributed by atoms with Crippen LogP contribution in [0.25, 0.3) is 0 Å². The summed E-state index contributed by atoms with van der Waals surface area (Å²) in [5.74, 6) is 0.239. The van der Waals surface area contributed by atoms with Gasteiger partial charge in [0.1, 0.15) is 0 Å². The average molecular weight is 255 g/mol. The van der Waals surface area contributed by atoms with Crippen LogP contribution in [0, 0.1) is 0 Å². The van der Waals surface area contributed by atoms with Crippen molar-refractivity contribution < 1.29 is 4.79 Å². The molecule has 1 rings (SSSR count). The number of carbonyl (C=O) groups is 1. The van der Waals surface area contributed by atoms with Crippen molar-refractivity contribution in [1.82, 2.24) is 9.80 Å². The Balaban J connectivity index is 2.35. The fourth-order valence-electron chi connectivity index (χ4n) is 2.43. The molecule has 1 saturated heterocycles. The van der Waals surface area contributed by atoms with Crippen LogP contribution in [0.2, 0.25) is 0 Å². The smallest absolute Gasteiger partial charge is 0.222 e. The lowest BCUT2D eigenvalue weighted by atomic mass is 9.98. The van der Waals surface area contributed by atoms with Gasteiger partial charge in [0.05, 0.1) is 0 Å². The Morgan fingerprint density at radius 2 is 1.94 bits per heavy atom. The second-order valence-electron chi connectivity index (χ2n) is 6.16. The first-order valence-electron chi connectivity index (χ1n) is 7.10. The summed E-state index contributed by atoms with van der Waals surface area (Å²) >= 11 is 0. The molecule has 0 aromatic carbocycles. The molecule has 4 nitrogen and oxygen atoms in total. The summed E-state index contributed by atoms with van der Waals surface area (Å²) in [6.07, 6.45) is 3.52. The quantitative estimate of drug-likeness (QED) is 0.809. The fourth-order valence-corrected chi connectivity index (χ4v) is 2.43. The van der Waals surface area contributed by atoms with Crippen LogP contribution in [0.1, 0.15) is 46.5 Å². The normalized spacial score (nSPS) is 18.9. The van der Waals surface area contributed by atoms with Crippen LogP contribution in [-0.4, -0.2) is 54.0 Å². The van der Waals surface area contributed by atoms with Crippen molar-refractivity contribution in [3.05, 3.63) is 0 Å². The summed E-state index contributed by atoms with van der Waals surface area (Å²) < 4.78 is 0. The van der Waals surface area contributed by atoms with Crippen LogP contribution < -0.4 is 5.73 Å². The maximum atomic E-state index is 12.1. The molecule has 0 bridgehead atoms. The van der Waals surface area contributed by atoms with Crippen molar-refractivity contribution in [3.63, 3.8) is 0 Å². The van der Waals surface area contributed by atoms with Crippen LogP contribution in [0.15, 0.2) is 0 Å². The van der Waals surface area contributed by atoms with Gasteiger partial charge < -0.3 is 15.5 Å². The Morgan fingerprint density at radius 1 is 1.39 bits per heavy atom. The predicted molar refractivity (Wildman–Crippen MR) is 75.4 cm³/mol. The molecule has 0 spiro atoms. The van der Waals surface area contributed by atoms with Crippen molar-refractivity contribution in [2.24, 2.45) is 5.73 Å². The van der Waals surface area contributed by atoms with Gasteiger partial charge in [-0.2, -0.15) is 0 Å². The fraction of sp³-hybridized carbons (Fsp3) is 0.929. The molecule has 0 saturated carbocycles. The summed E-state index contributed by atoms with van der Waals surface area (Å²) in [4.78, 5) is 16.5. The molecule has 1 heterocycles. The zero-order valence-corrected chi connectivity index (χ0v) is 12.4. The molecular formula is C14H29N3O. The summed E-state index contributed by atoms with van der Waals surface area (Å²) in [5, 5.41) is 0. The van der Waals surface area contributed by atoms with Crippen LogP contribution >= 0.6 is 0 Å². The van der Waals surface area contributed by atoms with Gasteiger partial charge in [0.15, 0.2) is 0 Å². The number of piperidine rings is 1. The van der Waals surface area contributed by atoms with E-state index in [0.717, 1.165) is 38.9 Å². The van der Waals surface area contributed by atoms with Crippen molar-refractivity contribution in [3.8, 4) is 0 Å².